The summed E-state index contributed by atoms with van der Waals surface area (Å²) >= 11 is 0. The minimum Gasteiger partial charge on any atom is -0.489 e. The summed E-state index contributed by atoms with van der Waals surface area (Å²) < 4.78 is 24.2. The van der Waals surface area contributed by atoms with Crippen molar-refractivity contribution in [1.29, 1.82) is 0 Å². The van der Waals surface area contributed by atoms with E-state index in [0.29, 0.717) is 25.4 Å². The molecule has 6 nitrogen and oxygen atoms in total. The minimum atomic E-state index is -0.336. The van der Waals surface area contributed by atoms with Gasteiger partial charge in [0.25, 0.3) is 0 Å². The summed E-state index contributed by atoms with van der Waals surface area (Å²) in [6.45, 7) is 9.36. The molecule has 0 unspecified atom stereocenters. The Morgan fingerprint density at radius 2 is 2.00 bits per heavy atom. The second kappa shape index (κ2) is 7.58. The average molecular weight is 351 g/mol. The quantitative estimate of drug-likeness (QED) is 0.865. The van der Waals surface area contributed by atoms with E-state index in [4.69, 9.17) is 9.47 Å². The van der Waals surface area contributed by atoms with Crippen LogP contribution in [0.5, 0.6) is 5.75 Å². The van der Waals surface area contributed by atoms with Crippen molar-refractivity contribution in [3.05, 3.63) is 24.0 Å². The van der Waals surface area contributed by atoms with Crippen LogP contribution in [0.3, 0.4) is 0 Å². The fourth-order valence-electron chi connectivity index (χ4n) is 3.24. The smallest absolute Gasteiger partial charge is 0.239 e. The highest BCUT2D eigenvalue weighted by molar-refractivity contribution is 5.82. The van der Waals surface area contributed by atoms with Crippen LogP contribution in [0.1, 0.15) is 13.8 Å². The molecule has 0 atom stereocenters. The van der Waals surface area contributed by atoms with Crippen molar-refractivity contribution in [3.63, 3.8) is 0 Å². The molecule has 2 aliphatic rings. The van der Waals surface area contributed by atoms with E-state index in [-0.39, 0.29) is 23.8 Å². The van der Waals surface area contributed by atoms with E-state index in [2.05, 4.69) is 24.1 Å². The maximum Gasteiger partial charge on any atom is 0.239 e. The van der Waals surface area contributed by atoms with Gasteiger partial charge in [0.1, 0.15) is 18.2 Å². The summed E-state index contributed by atoms with van der Waals surface area (Å²) in [6, 6.07) is 4.41. The molecule has 2 heterocycles. The maximum atomic E-state index is 13.3. The lowest BCUT2D eigenvalue weighted by atomic mass is 10.0. The van der Waals surface area contributed by atoms with Crippen LogP contribution >= 0.6 is 0 Å². The topological polar surface area (TPSA) is 54.0 Å². The van der Waals surface area contributed by atoms with Gasteiger partial charge in [0.15, 0.2) is 0 Å². The summed E-state index contributed by atoms with van der Waals surface area (Å²) in [5.74, 6) is 0.114. The van der Waals surface area contributed by atoms with Crippen molar-refractivity contribution in [2.75, 3.05) is 57.4 Å². The van der Waals surface area contributed by atoms with Crippen LogP contribution in [0, 0.1) is 5.82 Å². The van der Waals surface area contributed by atoms with Gasteiger partial charge in [-0.05, 0) is 26.0 Å². The molecule has 25 heavy (non-hydrogen) atoms. The SMILES string of the molecule is CC(C)(CNC(=O)CN1CCOc2cc(F)ccc21)N1CCOCC1. The molecule has 0 saturated carbocycles. The summed E-state index contributed by atoms with van der Waals surface area (Å²) in [5, 5.41) is 3.03. The third-order valence-electron chi connectivity index (χ3n) is 4.80. The number of nitrogens with one attached hydrogen (secondary N) is 1. The largest absolute Gasteiger partial charge is 0.489 e. The molecular formula is C18H26FN3O3. The van der Waals surface area contributed by atoms with Crippen LogP contribution in [0.25, 0.3) is 0 Å². The number of hydrogen-bond acceptors (Lipinski definition) is 5. The van der Waals surface area contributed by atoms with Gasteiger partial charge >= 0.3 is 0 Å². The minimum absolute atomic E-state index is 0.0430. The Labute approximate surface area is 147 Å². The van der Waals surface area contributed by atoms with Crippen molar-refractivity contribution in [1.82, 2.24) is 10.2 Å². The Kier molecular flexibility index (Phi) is 5.44. The van der Waals surface area contributed by atoms with Gasteiger partial charge < -0.3 is 19.7 Å². The first kappa shape index (κ1) is 17.9. The number of nitrogens with zero attached hydrogens (tertiary/aromatic N) is 2. The molecule has 7 heteroatoms. The second-order valence-electron chi connectivity index (χ2n) is 7.07. The Balaban J connectivity index is 1.55. The molecule has 1 saturated heterocycles. The first-order valence-corrected chi connectivity index (χ1v) is 8.72. The van der Waals surface area contributed by atoms with Crippen LogP contribution in [-0.2, 0) is 9.53 Å². The molecular weight excluding hydrogens is 325 g/mol. The Morgan fingerprint density at radius 1 is 1.24 bits per heavy atom. The Bertz CT molecular complexity index is 618. The van der Waals surface area contributed by atoms with Gasteiger partial charge in [0, 0.05) is 31.2 Å². The standard InChI is InChI=1S/C18H26FN3O3/c1-18(2,22-6-8-24-9-7-22)13-20-17(23)12-21-5-10-25-16-11-14(19)3-4-15(16)21/h3-4,11H,5-10,12-13H2,1-2H3,(H,20,23). The van der Waals surface area contributed by atoms with E-state index in [1.807, 2.05) is 4.90 Å². The van der Waals surface area contributed by atoms with E-state index in [1.54, 1.807) is 6.07 Å². The number of ether oxygens (including phenoxy) is 2. The number of hydrogen-bond donors (Lipinski definition) is 1. The number of halogens is 1. The average Bonchev–Trinajstić information content (AvgIpc) is 2.61. The fraction of sp³-hybridized carbons (Fsp3) is 0.611. The van der Waals surface area contributed by atoms with Gasteiger partial charge in [-0.3, -0.25) is 9.69 Å². The summed E-state index contributed by atoms with van der Waals surface area (Å²) in [4.78, 5) is 16.7. The summed E-state index contributed by atoms with van der Waals surface area (Å²) in [5.41, 5.74) is 0.640. The molecule has 1 fully saturated rings. The third kappa shape index (κ3) is 4.41. The van der Waals surface area contributed by atoms with Crippen molar-refractivity contribution >= 4 is 11.6 Å². The first-order valence-electron chi connectivity index (χ1n) is 8.72. The molecule has 0 spiro atoms. The summed E-state index contributed by atoms with van der Waals surface area (Å²) in [6.07, 6.45) is 0. The zero-order valence-corrected chi connectivity index (χ0v) is 14.9. The number of carbonyl (C=O) groups excluding carboxylic acids is 1. The number of amides is 1. The van der Waals surface area contributed by atoms with E-state index >= 15 is 0 Å². The molecule has 2 aliphatic heterocycles. The maximum absolute atomic E-state index is 13.3. The van der Waals surface area contributed by atoms with Crippen LogP contribution in [0.2, 0.25) is 0 Å². The Hall–Kier alpha value is -1.86. The zero-order chi connectivity index (χ0) is 17.9. The lowest BCUT2D eigenvalue weighted by Crippen LogP contribution is -2.56. The molecule has 0 aliphatic carbocycles. The van der Waals surface area contributed by atoms with Gasteiger partial charge in [-0.1, -0.05) is 0 Å². The molecule has 0 radical (unpaired) electrons. The zero-order valence-electron chi connectivity index (χ0n) is 14.9. The van der Waals surface area contributed by atoms with Gasteiger partial charge in [-0.15, -0.1) is 0 Å². The molecule has 138 valence electrons. The van der Waals surface area contributed by atoms with E-state index in [1.165, 1.54) is 12.1 Å². The number of anilines is 1. The Morgan fingerprint density at radius 3 is 2.76 bits per heavy atom. The van der Waals surface area contributed by atoms with Gasteiger partial charge in [-0.25, -0.2) is 4.39 Å². The van der Waals surface area contributed by atoms with Gasteiger partial charge in [-0.2, -0.15) is 0 Å². The third-order valence-corrected chi connectivity index (χ3v) is 4.80. The number of benzene rings is 1. The van der Waals surface area contributed by atoms with Crippen molar-refractivity contribution < 1.29 is 18.7 Å². The van der Waals surface area contributed by atoms with Gasteiger partial charge in [0.2, 0.25) is 5.91 Å². The predicted molar refractivity (Wildman–Crippen MR) is 93.6 cm³/mol. The molecule has 0 aromatic heterocycles. The molecule has 3 rings (SSSR count). The number of fused-ring (bicyclic) bond motifs is 1. The van der Waals surface area contributed by atoms with E-state index < -0.39 is 0 Å². The first-order chi connectivity index (χ1) is 12.0. The normalized spacial score (nSPS) is 18.4. The van der Waals surface area contributed by atoms with E-state index in [0.717, 1.165) is 32.0 Å². The van der Waals surface area contributed by atoms with Crippen molar-refractivity contribution in [3.8, 4) is 5.75 Å². The molecule has 1 amide bonds. The number of morpholine rings is 1. The highest BCUT2D eigenvalue weighted by atomic mass is 19.1. The van der Waals surface area contributed by atoms with Crippen LogP contribution in [-0.4, -0.2) is 68.9 Å². The van der Waals surface area contributed by atoms with E-state index in [9.17, 15) is 9.18 Å². The lowest BCUT2D eigenvalue weighted by molar-refractivity contribution is -0.120. The monoisotopic (exact) mass is 351 g/mol. The number of rotatable bonds is 5. The highest BCUT2D eigenvalue weighted by Gasteiger charge is 2.29. The second-order valence-corrected chi connectivity index (χ2v) is 7.07. The fourth-order valence-corrected chi connectivity index (χ4v) is 3.24. The molecule has 1 N–H and O–H groups in total. The van der Waals surface area contributed by atoms with Crippen molar-refractivity contribution in [2.24, 2.45) is 0 Å². The molecule has 1 aromatic carbocycles. The van der Waals surface area contributed by atoms with Crippen LogP contribution < -0.4 is 15.0 Å². The molecule has 1 aromatic rings. The summed E-state index contributed by atoms with van der Waals surface area (Å²) in [7, 11) is 0. The predicted octanol–water partition coefficient (Wildman–Crippen LogP) is 1.25. The molecule has 0 bridgehead atoms. The highest BCUT2D eigenvalue weighted by Crippen LogP contribution is 2.31. The van der Waals surface area contributed by atoms with Crippen LogP contribution in [0.15, 0.2) is 18.2 Å². The number of carbonyl (C=O) groups is 1. The lowest BCUT2D eigenvalue weighted by Gasteiger charge is -2.41. The van der Waals surface area contributed by atoms with Crippen molar-refractivity contribution in [2.45, 2.75) is 19.4 Å². The van der Waals surface area contributed by atoms with Gasteiger partial charge in [0.05, 0.1) is 32.0 Å². The van der Waals surface area contributed by atoms with Crippen LogP contribution in [0.4, 0.5) is 10.1 Å².